The maximum Gasteiger partial charge on any atom is 0.211 e. The summed E-state index contributed by atoms with van der Waals surface area (Å²) < 4.78 is 20.5. The van der Waals surface area contributed by atoms with Gasteiger partial charge in [0, 0.05) is 56.8 Å². The molecule has 0 radical (unpaired) electrons. The SMILES string of the molecule is CNc1ccc(CN2CCC3(CCN(c4ncncc4Oc4ccc(F)cc4CN(C)C(C)C)C3)C2)cc1NC=O. The van der Waals surface area contributed by atoms with Gasteiger partial charge in [-0.1, -0.05) is 6.07 Å². The number of hydrogen-bond acceptors (Lipinski definition) is 8. The molecule has 41 heavy (non-hydrogen) atoms. The van der Waals surface area contributed by atoms with Gasteiger partial charge in [0.1, 0.15) is 17.9 Å². The largest absolute Gasteiger partial charge is 0.451 e. The minimum absolute atomic E-state index is 0.179. The Labute approximate surface area is 241 Å². The lowest BCUT2D eigenvalue weighted by Crippen LogP contribution is -2.31. The summed E-state index contributed by atoms with van der Waals surface area (Å²) in [5.41, 5.74) is 3.82. The molecule has 0 aliphatic carbocycles. The molecular weight excluding hydrogens is 521 g/mol. The molecule has 1 atom stereocenters. The Morgan fingerprint density at radius 1 is 1.12 bits per heavy atom. The van der Waals surface area contributed by atoms with Crippen molar-refractivity contribution in [2.75, 3.05) is 55.8 Å². The quantitative estimate of drug-likeness (QED) is 0.318. The smallest absolute Gasteiger partial charge is 0.211 e. The molecule has 1 aromatic heterocycles. The Morgan fingerprint density at radius 2 is 1.95 bits per heavy atom. The summed E-state index contributed by atoms with van der Waals surface area (Å²) in [4.78, 5) is 26.9. The molecule has 5 rings (SSSR count). The van der Waals surface area contributed by atoms with Gasteiger partial charge in [0.05, 0.1) is 17.6 Å². The predicted octanol–water partition coefficient (Wildman–Crippen LogP) is 4.96. The number of carbonyl (C=O) groups excluding carboxylic acids is 1. The number of halogens is 1. The van der Waals surface area contributed by atoms with Gasteiger partial charge in [0.15, 0.2) is 11.6 Å². The molecule has 3 aromatic rings. The molecule has 218 valence electrons. The molecule has 0 saturated carbocycles. The minimum Gasteiger partial charge on any atom is -0.451 e. The molecule has 2 N–H and O–H groups in total. The monoisotopic (exact) mass is 561 g/mol. The molecule has 1 amide bonds. The van der Waals surface area contributed by atoms with E-state index >= 15 is 0 Å². The van der Waals surface area contributed by atoms with Crippen LogP contribution in [0.5, 0.6) is 11.5 Å². The van der Waals surface area contributed by atoms with Gasteiger partial charge in [-0.2, -0.15) is 0 Å². The lowest BCUT2D eigenvalue weighted by atomic mass is 9.86. The molecule has 2 saturated heterocycles. The van der Waals surface area contributed by atoms with E-state index in [0.29, 0.717) is 30.5 Å². The summed E-state index contributed by atoms with van der Waals surface area (Å²) >= 11 is 0. The van der Waals surface area contributed by atoms with E-state index in [1.807, 2.05) is 26.2 Å². The first-order valence-electron chi connectivity index (χ1n) is 14.2. The lowest BCUT2D eigenvalue weighted by Gasteiger charge is -2.26. The molecule has 10 heteroatoms. The number of anilines is 3. The Balaban J connectivity index is 1.28. The summed E-state index contributed by atoms with van der Waals surface area (Å²) in [7, 11) is 3.86. The van der Waals surface area contributed by atoms with E-state index in [1.54, 1.807) is 24.7 Å². The van der Waals surface area contributed by atoms with Crippen molar-refractivity contribution in [1.82, 2.24) is 19.8 Å². The number of rotatable bonds is 11. The highest BCUT2D eigenvalue weighted by atomic mass is 19.1. The highest BCUT2D eigenvalue weighted by Gasteiger charge is 2.44. The Bertz CT molecular complexity index is 1370. The number of amides is 1. The lowest BCUT2D eigenvalue weighted by molar-refractivity contribution is -0.105. The second-order valence-corrected chi connectivity index (χ2v) is 11.6. The number of ether oxygens (including phenoxy) is 1. The van der Waals surface area contributed by atoms with Crippen LogP contribution in [0.3, 0.4) is 0 Å². The molecule has 2 aromatic carbocycles. The highest BCUT2D eigenvalue weighted by Crippen LogP contribution is 2.43. The van der Waals surface area contributed by atoms with Crippen molar-refractivity contribution in [2.45, 2.75) is 45.8 Å². The van der Waals surface area contributed by atoms with E-state index in [9.17, 15) is 9.18 Å². The number of nitrogens with zero attached hydrogens (tertiary/aromatic N) is 5. The van der Waals surface area contributed by atoms with Crippen molar-refractivity contribution < 1.29 is 13.9 Å². The number of carbonyl (C=O) groups is 1. The van der Waals surface area contributed by atoms with Crippen molar-refractivity contribution in [3.05, 3.63) is 65.9 Å². The van der Waals surface area contributed by atoms with Crippen LogP contribution in [0.4, 0.5) is 21.6 Å². The van der Waals surface area contributed by atoms with E-state index < -0.39 is 0 Å². The Hall–Kier alpha value is -3.76. The van der Waals surface area contributed by atoms with Gasteiger partial charge in [-0.3, -0.25) is 14.6 Å². The number of aromatic nitrogens is 2. The van der Waals surface area contributed by atoms with Crippen LogP contribution in [0.15, 0.2) is 48.9 Å². The van der Waals surface area contributed by atoms with Crippen molar-refractivity contribution >= 4 is 23.6 Å². The summed E-state index contributed by atoms with van der Waals surface area (Å²) in [5, 5.41) is 5.91. The number of likely N-dealkylation sites (tertiary alicyclic amines) is 1. The molecule has 2 aliphatic rings. The average Bonchev–Trinajstić information content (AvgIpc) is 3.56. The van der Waals surface area contributed by atoms with E-state index in [4.69, 9.17) is 4.74 Å². The number of nitrogens with one attached hydrogen (secondary N) is 2. The minimum atomic E-state index is -0.282. The van der Waals surface area contributed by atoms with Crippen molar-refractivity contribution in [2.24, 2.45) is 5.41 Å². The Morgan fingerprint density at radius 3 is 2.73 bits per heavy atom. The third kappa shape index (κ3) is 6.60. The van der Waals surface area contributed by atoms with Crippen molar-refractivity contribution in [3.8, 4) is 11.5 Å². The molecule has 9 nitrogen and oxygen atoms in total. The number of benzene rings is 2. The van der Waals surface area contributed by atoms with Gasteiger partial charge in [-0.25, -0.2) is 14.4 Å². The van der Waals surface area contributed by atoms with Crippen LogP contribution in [0.2, 0.25) is 0 Å². The predicted molar refractivity (Wildman–Crippen MR) is 160 cm³/mol. The van der Waals surface area contributed by atoms with Crippen LogP contribution in [-0.4, -0.2) is 72.5 Å². The summed E-state index contributed by atoms with van der Waals surface area (Å²) in [6, 6.07) is 11.1. The van der Waals surface area contributed by atoms with Crippen LogP contribution in [0.1, 0.15) is 37.8 Å². The maximum atomic E-state index is 14.2. The van der Waals surface area contributed by atoms with Gasteiger partial charge in [0.25, 0.3) is 0 Å². The fourth-order valence-corrected chi connectivity index (χ4v) is 5.92. The van der Waals surface area contributed by atoms with Crippen LogP contribution < -0.4 is 20.3 Å². The number of hydrogen-bond donors (Lipinski definition) is 2. The molecule has 0 bridgehead atoms. The third-order valence-corrected chi connectivity index (χ3v) is 8.43. The zero-order valence-electron chi connectivity index (χ0n) is 24.4. The fraction of sp³-hybridized carbons (Fsp3) is 0.452. The Kier molecular flexibility index (Phi) is 8.70. The molecule has 1 unspecified atom stereocenters. The summed E-state index contributed by atoms with van der Waals surface area (Å²) in [6.07, 6.45) is 6.16. The van der Waals surface area contributed by atoms with Crippen LogP contribution in [0.25, 0.3) is 0 Å². The van der Waals surface area contributed by atoms with Crippen LogP contribution in [-0.2, 0) is 17.9 Å². The van der Waals surface area contributed by atoms with Crippen LogP contribution in [0, 0.1) is 11.2 Å². The molecule has 1 spiro atoms. The molecule has 2 aliphatic heterocycles. The van der Waals surface area contributed by atoms with E-state index in [1.165, 1.54) is 11.6 Å². The second-order valence-electron chi connectivity index (χ2n) is 11.6. The standard InChI is InChI=1S/C31H40FN7O2/c1-22(2)37(4)17-24-14-25(32)6-8-28(24)41-29-15-34-20-35-30(29)39-12-10-31(19-39)9-11-38(18-31)16-23-5-7-26(33-3)27(13-23)36-21-40/h5-8,13-15,20-22,33H,9-12,16-19H2,1-4H3,(H,36,40). The molecule has 3 heterocycles. The fourth-order valence-electron chi connectivity index (χ4n) is 5.92. The van der Waals surface area contributed by atoms with Crippen molar-refractivity contribution in [1.29, 1.82) is 0 Å². The van der Waals surface area contributed by atoms with E-state index in [-0.39, 0.29) is 11.2 Å². The van der Waals surface area contributed by atoms with Gasteiger partial charge in [-0.15, -0.1) is 0 Å². The van der Waals surface area contributed by atoms with Crippen LogP contribution >= 0.6 is 0 Å². The molecular formula is C31H40FN7O2. The first kappa shape index (κ1) is 28.8. The topological polar surface area (TPSA) is 85.9 Å². The average molecular weight is 562 g/mol. The first-order chi connectivity index (χ1) is 19.8. The zero-order valence-corrected chi connectivity index (χ0v) is 24.4. The zero-order chi connectivity index (χ0) is 29.0. The normalized spacial score (nSPS) is 19.0. The molecule has 2 fully saturated rings. The van der Waals surface area contributed by atoms with Gasteiger partial charge < -0.3 is 20.3 Å². The van der Waals surface area contributed by atoms with Crippen molar-refractivity contribution in [3.63, 3.8) is 0 Å². The van der Waals surface area contributed by atoms with Gasteiger partial charge in [-0.05, 0) is 76.2 Å². The maximum absolute atomic E-state index is 14.2. The van der Waals surface area contributed by atoms with Gasteiger partial charge >= 0.3 is 0 Å². The van der Waals surface area contributed by atoms with E-state index in [0.717, 1.165) is 68.3 Å². The highest BCUT2D eigenvalue weighted by molar-refractivity contribution is 5.81. The first-order valence-corrected chi connectivity index (χ1v) is 14.2. The second kappa shape index (κ2) is 12.4. The summed E-state index contributed by atoms with van der Waals surface area (Å²) in [5.74, 6) is 1.69. The van der Waals surface area contributed by atoms with Gasteiger partial charge in [0.2, 0.25) is 6.41 Å². The summed E-state index contributed by atoms with van der Waals surface area (Å²) in [6.45, 7) is 9.42. The van der Waals surface area contributed by atoms with E-state index in [2.05, 4.69) is 55.2 Å². The third-order valence-electron chi connectivity index (χ3n) is 8.43.